The molecule has 0 amide bonds. The predicted octanol–water partition coefficient (Wildman–Crippen LogP) is 1.78. The number of carbonyl (C=O) groups is 2. The molecule has 1 aliphatic rings. The first-order valence-corrected chi connectivity index (χ1v) is 9.34. The molecule has 24 heavy (non-hydrogen) atoms. The van der Waals surface area contributed by atoms with Crippen molar-refractivity contribution in [3.05, 3.63) is 53.3 Å². The van der Waals surface area contributed by atoms with E-state index in [9.17, 15) is 18.0 Å². The molecule has 6 nitrogen and oxygen atoms in total. The van der Waals surface area contributed by atoms with Gasteiger partial charge < -0.3 is 9.30 Å². The van der Waals surface area contributed by atoms with Crippen LogP contribution in [0.25, 0.3) is 0 Å². The van der Waals surface area contributed by atoms with E-state index in [1.807, 2.05) is 4.57 Å². The molecule has 0 aliphatic carbocycles. The van der Waals surface area contributed by atoms with Gasteiger partial charge in [0.15, 0.2) is 9.84 Å². The summed E-state index contributed by atoms with van der Waals surface area (Å²) in [5.41, 5.74) is 1.67. The van der Waals surface area contributed by atoms with Gasteiger partial charge in [-0.3, -0.25) is 9.59 Å². The molecule has 2 heterocycles. The Morgan fingerprint density at radius 3 is 2.38 bits per heavy atom. The number of ether oxygens (including phenoxy) is 1. The van der Waals surface area contributed by atoms with Crippen molar-refractivity contribution < 1.29 is 22.7 Å². The maximum Gasteiger partial charge on any atom is 0.314 e. The van der Waals surface area contributed by atoms with Gasteiger partial charge in [-0.1, -0.05) is 0 Å². The second-order valence-electron chi connectivity index (χ2n) is 5.79. The van der Waals surface area contributed by atoms with Gasteiger partial charge in [-0.05, 0) is 42.8 Å². The van der Waals surface area contributed by atoms with E-state index < -0.39 is 9.84 Å². The van der Waals surface area contributed by atoms with Crippen LogP contribution in [0, 0.1) is 0 Å². The van der Waals surface area contributed by atoms with Crippen molar-refractivity contribution in [2.75, 3.05) is 13.4 Å². The molecule has 0 spiro atoms. The number of aromatic nitrogens is 1. The van der Waals surface area contributed by atoms with Crippen LogP contribution >= 0.6 is 0 Å². The third-order valence-corrected chi connectivity index (χ3v) is 5.40. The minimum Gasteiger partial charge on any atom is -0.469 e. The zero-order valence-corrected chi connectivity index (χ0v) is 14.2. The Morgan fingerprint density at radius 1 is 1.12 bits per heavy atom. The van der Waals surface area contributed by atoms with E-state index in [1.165, 1.54) is 31.4 Å². The number of rotatable bonds is 4. The summed E-state index contributed by atoms with van der Waals surface area (Å²) in [4.78, 5) is 24.6. The highest BCUT2D eigenvalue weighted by Crippen LogP contribution is 2.32. The van der Waals surface area contributed by atoms with E-state index in [-0.39, 0.29) is 22.6 Å². The third kappa shape index (κ3) is 2.75. The number of carbonyl (C=O) groups excluding carboxylic acids is 2. The first-order valence-electron chi connectivity index (χ1n) is 7.45. The summed E-state index contributed by atoms with van der Waals surface area (Å²) in [6.45, 7) is 0.574. The molecule has 0 saturated carbocycles. The van der Waals surface area contributed by atoms with Crippen LogP contribution in [-0.4, -0.2) is 38.1 Å². The van der Waals surface area contributed by atoms with Crippen LogP contribution in [-0.2, 0) is 25.9 Å². The van der Waals surface area contributed by atoms with Crippen LogP contribution in [0.1, 0.15) is 34.1 Å². The lowest BCUT2D eigenvalue weighted by molar-refractivity contribution is -0.142. The summed E-state index contributed by atoms with van der Waals surface area (Å²) >= 11 is 0. The summed E-state index contributed by atoms with van der Waals surface area (Å²) in [5, 5.41) is 0. The second-order valence-corrected chi connectivity index (χ2v) is 7.80. The van der Waals surface area contributed by atoms with E-state index in [1.54, 1.807) is 12.1 Å². The number of benzene rings is 1. The van der Waals surface area contributed by atoms with E-state index >= 15 is 0 Å². The van der Waals surface area contributed by atoms with E-state index in [0.29, 0.717) is 24.2 Å². The number of methoxy groups -OCH3 is 1. The molecule has 1 unspecified atom stereocenters. The SMILES string of the molecule is COC(=O)C1CCn2c(C(=O)c3ccc(S(C)(=O)=O)cc3)ccc21. The van der Waals surface area contributed by atoms with Crippen molar-refractivity contribution in [2.45, 2.75) is 23.8 Å². The Hall–Kier alpha value is -2.41. The Morgan fingerprint density at radius 2 is 1.79 bits per heavy atom. The average molecular weight is 347 g/mol. The summed E-state index contributed by atoms with van der Waals surface area (Å²) < 4.78 is 29.6. The number of hydrogen-bond acceptors (Lipinski definition) is 5. The molecule has 126 valence electrons. The highest BCUT2D eigenvalue weighted by Gasteiger charge is 2.32. The Balaban J connectivity index is 1.91. The molecule has 1 aromatic heterocycles. The quantitative estimate of drug-likeness (QED) is 0.622. The molecular weight excluding hydrogens is 330 g/mol. The van der Waals surface area contributed by atoms with Gasteiger partial charge in [0.05, 0.1) is 23.6 Å². The van der Waals surface area contributed by atoms with Crippen LogP contribution in [0.3, 0.4) is 0 Å². The van der Waals surface area contributed by atoms with Crippen LogP contribution in [0.4, 0.5) is 0 Å². The molecule has 0 N–H and O–H groups in total. The van der Waals surface area contributed by atoms with E-state index in [4.69, 9.17) is 4.74 Å². The molecular formula is C17H17NO5S. The normalized spacial score (nSPS) is 16.7. The summed E-state index contributed by atoms with van der Waals surface area (Å²) in [6.07, 6.45) is 1.73. The molecule has 0 saturated heterocycles. The van der Waals surface area contributed by atoms with Crippen molar-refractivity contribution in [3.8, 4) is 0 Å². The van der Waals surface area contributed by atoms with E-state index in [0.717, 1.165) is 11.9 Å². The Labute approximate surface area is 140 Å². The van der Waals surface area contributed by atoms with Crippen molar-refractivity contribution in [1.29, 1.82) is 0 Å². The highest BCUT2D eigenvalue weighted by molar-refractivity contribution is 7.90. The fourth-order valence-electron chi connectivity index (χ4n) is 3.02. The fraction of sp³-hybridized carbons (Fsp3) is 0.294. The van der Waals surface area contributed by atoms with Crippen LogP contribution in [0.2, 0.25) is 0 Å². The van der Waals surface area contributed by atoms with E-state index in [2.05, 4.69) is 0 Å². The summed E-state index contributed by atoms with van der Waals surface area (Å²) in [5.74, 6) is -0.848. The van der Waals surface area contributed by atoms with Gasteiger partial charge in [-0.2, -0.15) is 0 Å². The number of fused-ring (bicyclic) bond motifs is 1. The fourth-order valence-corrected chi connectivity index (χ4v) is 3.65. The molecule has 0 radical (unpaired) electrons. The van der Waals surface area contributed by atoms with Gasteiger partial charge >= 0.3 is 5.97 Å². The lowest BCUT2D eigenvalue weighted by Gasteiger charge is -2.07. The number of ketones is 1. The minimum absolute atomic E-state index is 0.171. The van der Waals surface area contributed by atoms with Gasteiger partial charge in [0.1, 0.15) is 0 Å². The van der Waals surface area contributed by atoms with Crippen LogP contribution in [0.5, 0.6) is 0 Å². The number of esters is 1. The smallest absolute Gasteiger partial charge is 0.314 e. The zero-order chi connectivity index (χ0) is 17.5. The van der Waals surface area contributed by atoms with Crippen molar-refractivity contribution in [1.82, 2.24) is 4.57 Å². The highest BCUT2D eigenvalue weighted by atomic mass is 32.2. The van der Waals surface area contributed by atoms with Crippen molar-refractivity contribution in [2.24, 2.45) is 0 Å². The zero-order valence-electron chi connectivity index (χ0n) is 13.4. The number of sulfone groups is 1. The molecule has 0 fully saturated rings. The minimum atomic E-state index is -3.30. The molecule has 1 aromatic carbocycles. The third-order valence-electron chi connectivity index (χ3n) is 4.28. The first-order chi connectivity index (χ1) is 11.3. The van der Waals surface area contributed by atoms with Gasteiger partial charge in [0.25, 0.3) is 0 Å². The lowest BCUT2D eigenvalue weighted by atomic mass is 10.1. The molecule has 7 heteroatoms. The Kier molecular flexibility index (Phi) is 4.04. The number of hydrogen-bond donors (Lipinski definition) is 0. The lowest BCUT2D eigenvalue weighted by Crippen LogP contribution is -2.12. The van der Waals surface area contributed by atoms with Crippen molar-refractivity contribution >= 4 is 21.6 Å². The summed E-state index contributed by atoms with van der Waals surface area (Å²) in [6, 6.07) is 9.32. The van der Waals surface area contributed by atoms with Crippen molar-refractivity contribution in [3.63, 3.8) is 0 Å². The average Bonchev–Trinajstić information content (AvgIpc) is 3.14. The molecule has 1 atom stereocenters. The summed E-state index contributed by atoms with van der Waals surface area (Å²) in [7, 11) is -1.95. The van der Waals surface area contributed by atoms with Gasteiger partial charge in [-0.15, -0.1) is 0 Å². The van der Waals surface area contributed by atoms with Gasteiger partial charge in [-0.25, -0.2) is 8.42 Å². The maximum absolute atomic E-state index is 12.7. The molecule has 2 aromatic rings. The predicted molar refractivity (Wildman–Crippen MR) is 86.8 cm³/mol. The van der Waals surface area contributed by atoms with Crippen LogP contribution < -0.4 is 0 Å². The van der Waals surface area contributed by atoms with Gasteiger partial charge in [0.2, 0.25) is 5.78 Å². The molecule has 3 rings (SSSR count). The Bertz CT molecular complexity index is 909. The monoisotopic (exact) mass is 347 g/mol. The number of nitrogens with zero attached hydrogens (tertiary/aromatic N) is 1. The maximum atomic E-state index is 12.7. The molecule has 1 aliphatic heterocycles. The standard InChI is InChI=1S/C17H17NO5S/c1-23-17(20)13-9-10-18-14(13)7-8-15(18)16(19)11-3-5-12(6-4-11)24(2,21)22/h3-8,13H,9-10H2,1-2H3. The van der Waals surface area contributed by atoms with Gasteiger partial charge in [0, 0.05) is 24.1 Å². The second kappa shape index (κ2) is 5.90. The topological polar surface area (TPSA) is 82.4 Å². The first kappa shape index (κ1) is 16.4. The van der Waals surface area contributed by atoms with Crippen LogP contribution in [0.15, 0.2) is 41.3 Å². The molecule has 0 bridgehead atoms. The largest absolute Gasteiger partial charge is 0.469 e.